The van der Waals surface area contributed by atoms with Crippen molar-refractivity contribution in [2.75, 3.05) is 18.5 Å². The summed E-state index contributed by atoms with van der Waals surface area (Å²) in [6, 6.07) is 11.8. The number of pyridine rings is 1. The van der Waals surface area contributed by atoms with Crippen molar-refractivity contribution in [1.82, 2.24) is 14.8 Å². The molecule has 36 heavy (non-hydrogen) atoms. The standard InChI is InChI=1S/C28H30N4O4/c1-7-35-28(34)22-14-29-32(23-13-19(5)21-10-8-9-17(3)25(21)30-23)27(22)31-24(33)15-36-26-18(4)12-11-16(2)20(26)6/h8-14H,7,15H2,1-6H3,(H,31,33). The summed E-state index contributed by atoms with van der Waals surface area (Å²) in [5.74, 6) is 0.313. The number of anilines is 1. The van der Waals surface area contributed by atoms with E-state index in [1.165, 1.54) is 10.9 Å². The minimum absolute atomic E-state index is 0.137. The van der Waals surface area contributed by atoms with Crippen LogP contribution in [-0.4, -0.2) is 39.9 Å². The molecule has 0 unspecified atom stereocenters. The van der Waals surface area contributed by atoms with E-state index < -0.39 is 11.9 Å². The van der Waals surface area contributed by atoms with E-state index in [0.717, 1.165) is 38.7 Å². The van der Waals surface area contributed by atoms with E-state index in [9.17, 15) is 9.59 Å². The van der Waals surface area contributed by atoms with Gasteiger partial charge in [-0.05, 0) is 75.4 Å². The monoisotopic (exact) mass is 486 g/mol. The summed E-state index contributed by atoms with van der Waals surface area (Å²) in [6.45, 7) is 11.5. The molecule has 2 aromatic carbocycles. The second-order valence-electron chi connectivity index (χ2n) is 8.80. The van der Waals surface area contributed by atoms with Gasteiger partial charge in [-0.2, -0.15) is 9.78 Å². The molecule has 0 radical (unpaired) electrons. The number of hydrogen-bond donors (Lipinski definition) is 1. The SMILES string of the molecule is CCOC(=O)c1cnn(-c2cc(C)c3cccc(C)c3n2)c1NC(=O)COc1c(C)ccc(C)c1C. The highest BCUT2D eigenvalue weighted by atomic mass is 16.5. The third-order valence-corrected chi connectivity index (χ3v) is 6.20. The van der Waals surface area contributed by atoms with E-state index in [1.54, 1.807) is 6.92 Å². The van der Waals surface area contributed by atoms with Gasteiger partial charge in [0.1, 0.15) is 11.3 Å². The highest BCUT2D eigenvalue weighted by molar-refractivity contribution is 6.01. The number of rotatable bonds is 7. The Hall–Kier alpha value is -4.20. The lowest BCUT2D eigenvalue weighted by Gasteiger charge is -2.15. The molecule has 1 N–H and O–H groups in total. The lowest BCUT2D eigenvalue weighted by molar-refractivity contribution is -0.118. The molecule has 0 spiro atoms. The average molecular weight is 487 g/mol. The molecule has 0 saturated carbocycles. The molecule has 186 valence electrons. The number of para-hydroxylation sites is 1. The quantitative estimate of drug-likeness (QED) is 0.363. The number of hydrogen-bond acceptors (Lipinski definition) is 6. The van der Waals surface area contributed by atoms with Gasteiger partial charge in [0.15, 0.2) is 18.2 Å². The molecular formula is C28H30N4O4. The number of nitrogens with one attached hydrogen (secondary N) is 1. The van der Waals surface area contributed by atoms with Gasteiger partial charge < -0.3 is 14.8 Å². The zero-order valence-electron chi connectivity index (χ0n) is 21.4. The third-order valence-electron chi connectivity index (χ3n) is 6.20. The number of ether oxygens (including phenoxy) is 2. The van der Waals surface area contributed by atoms with Crippen LogP contribution < -0.4 is 10.1 Å². The van der Waals surface area contributed by atoms with Gasteiger partial charge in [-0.1, -0.05) is 30.3 Å². The van der Waals surface area contributed by atoms with E-state index >= 15 is 0 Å². The number of esters is 1. The summed E-state index contributed by atoms with van der Waals surface area (Å²) in [7, 11) is 0. The van der Waals surface area contributed by atoms with Gasteiger partial charge >= 0.3 is 5.97 Å². The molecule has 2 aromatic heterocycles. The summed E-state index contributed by atoms with van der Waals surface area (Å²) < 4.78 is 12.5. The van der Waals surface area contributed by atoms with Gasteiger partial charge in [0, 0.05) is 5.39 Å². The number of fused-ring (bicyclic) bond motifs is 1. The first kappa shape index (κ1) is 24.9. The van der Waals surface area contributed by atoms with Gasteiger partial charge in [0.2, 0.25) is 0 Å². The molecule has 0 aliphatic carbocycles. The fraction of sp³-hybridized carbons (Fsp3) is 0.286. The van der Waals surface area contributed by atoms with E-state index in [2.05, 4.69) is 10.4 Å². The molecule has 8 nitrogen and oxygen atoms in total. The first-order chi connectivity index (χ1) is 17.2. The van der Waals surface area contributed by atoms with Gasteiger partial charge in [0.25, 0.3) is 5.91 Å². The van der Waals surface area contributed by atoms with E-state index in [4.69, 9.17) is 14.5 Å². The lowest BCUT2D eigenvalue weighted by Crippen LogP contribution is -2.24. The number of aryl methyl sites for hydroxylation is 4. The fourth-order valence-corrected chi connectivity index (χ4v) is 4.11. The van der Waals surface area contributed by atoms with Crippen LogP contribution in [0.2, 0.25) is 0 Å². The molecule has 0 aliphatic rings. The highest BCUT2D eigenvalue weighted by Crippen LogP contribution is 2.27. The fourth-order valence-electron chi connectivity index (χ4n) is 4.11. The smallest absolute Gasteiger partial charge is 0.343 e. The van der Waals surface area contributed by atoms with Crippen molar-refractivity contribution in [2.45, 2.75) is 41.5 Å². The molecule has 4 aromatic rings. The van der Waals surface area contributed by atoms with Crippen LogP contribution in [0.25, 0.3) is 16.7 Å². The molecule has 4 rings (SSSR count). The first-order valence-corrected chi connectivity index (χ1v) is 11.8. The van der Waals surface area contributed by atoms with Gasteiger partial charge in [-0.3, -0.25) is 4.79 Å². The van der Waals surface area contributed by atoms with Gasteiger partial charge in [-0.25, -0.2) is 9.78 Å². The molecule has 0 saturated heterocycles. The normalized spacial score (nSPS) is 10.9. The number of aromatic nitrogens is 3. The lowest BCUT2D eigenvalue weighted by atomic mass is 10.1. The Bertz CT molecular complexity index is 1470. The van der Waals surface area contributed by atoms with Crippen LogP contribution in [-0.2, 0) is 9.53 Å². The van der Waals surface area contributed by atoms with E-state index in [-0.39, 0.29) is 24.6 Å². The molecule has 0 bridgehead atoms. The Labute approximate surface area is 210 Å². The number of nitrogens with zero attached hydrogens (tertiary/aromatic N) is 3. The zero-order valence-corrected chi connectivity index (χ0v) is 21.4. The van der Waals surface area contributed by atoms with Crippen LogP contribution in [0.4, 0.5) is 5.82 Å². The van der Waals surface area contributed by atoms with Crippen LogP contribution >= 0.6 is 0 Å². The van der Waals surface area contributed by atoms with Gasteiger partial charge in [-0.15, -0.1) is 0 Å². The number of amides is 1. The predicted molar refractivity (Wildman–Crippen MR) is 139 cm³/mol. The Balaban J connectivity index is 1.70. The third kappa shape index (κ3) is 4.79. The number of carbonyl (C=O) groups is 2. The van der Waals surface area contributed by atoms with Crippen LogP contribution in [0.3, 0.4) is 0 Å². The zero-order chi connectivity index (χ0) is 26.0. The van der Waals surface area contributed by atoms with Gasteiger partial charge in [0.05, 0.1) is 18.3 Å². The largest absolute Gasteiger partial charge is 0.483 e. The molecule has 0 fully saturated rings. The summed E-state index contributed by atoms with van der Waals surface area (Å²) in [5, 5.41) is 8.20. The molecule has 0 atom stereocenters. The molecular weight excluding hydrogens is 456 g/mol. The van der Waals surface area contributed by atoms with Crippen molar-refractivity contribution in [3.63, 3.8) is 0 Å². The van der Waals surface area contributed by atoms with Crippen molar-refractivity contribution in [3.05, 3.63) is 76.0 Å². The minimum Gasteiger partial charge on any atom is -0.483 e. The maximum atomic E-state index is 13.0. The Kier molecular flexibility index (Phi) is 7.05. The van der Waals surface area contributed by atoms with Crippen molar-refractivity contribution < 1.29 is 19.1 Å². The van der Waals surface area contributed by atoms with E-state index in [0.29, 0.717) is 11.6 Å². The average Bonchev–Trinajstić information content (AvgIpc) is 3.25. The van der Waals surface area contributed by atoms with Crippen LogP contribution in [0, 0.1) is 34.6 Å². The number of benzene rings is 2. The van der Waals surface area contributed by atoms with Crippen molar-refractivity contribution in [2.24, 2.45) is 0 Å². The summed E-state index contributed by atoms with van der Waals surface area (Å²) in [4.78, 5) is 30.4. The molecule has 0 aliphatic heterocycles. The second-order valence-corrected chi connectivity index (χ2v) is 8.80. The highest BCUT2D eigenvalue weighted by Gasteiger charge is 2.23. The van der Waals surface area contributed by atoms with Crippen LogP contribution in [0.1, 0.15) is 45.1 Å². The van der Waals surface area contributed by atoms with Crippen molar-refractivity contribution in [3.8, 4) is 11.6 Å². The Morgan fingerprint density at radius 3 is 2.47 bits per heavy atom. The Morgan fingerprint density at radius 1 is 0.972 bits per heavy atom. The van der Waals surface area contributed by atoms with Crippen molar-refractivity contribution >= 4 is 28.6 Å². The summed E-state index contributed by atoms with van der Waals surface area (Å²) in [6.07, 6.45) is 1.38. The maximum absolute atomic E-state index is 13.0. The van der Waals surface area contributed by atoms with E-state index in [1.807, 2.05) is 71.0 Å². The van der Waals surface area contributed by atoms with Crippen LogP contribution in [0.15, 0.2) is 42.6 Å². The topological polar surface area (TPSA) is 95.3 Å². The number of carbonyl (C=O) groups excluding carboxylic acids is 2. The molecule has 8 heteroatoms. The Morgan fingerprint density at radius 2 is 1.72 bits per heavy atom. The van der Waals surface area contributed by atoms with Crippen LogP contribution in [0.5, 0.6) is 5.75 Å². The molecule has 1 amide bonds. The predicted octanol–water partition coefficient (Wildman–Crippen LogP) is 5.16. The summed E-state index contributed by atoms with van der Waals surface area (Å²) >= 11 is 0. The molecule has 2 heterocycles. The first-order valence-electron chi connectivity index (χ1n) is 11.8. The summed E-state index contributed by atoms with van der Waals surface area (Å²) in [5.41, 5.74) is 5.97. The van der Waals surface area contributed by atoms with Crippen molar-refractivity contribution in [1.29, 1.82) is 0 Å². The second kappa shape index (κ2) is 10.2. The maximum Gasteiger partial charge on any atom is 0.343 e. The minimum atomic E-state index is -0.584.